The first-order chi connectivity index (χ1) is 11.1. The molecule has 0 unspecified atom stereocenters. The van der Waals surface area contributed by atoms with Gasteiger partial charge in [0.1, 0.15) is 0 Å². The molecule has 1 atom stereocenters. The summed E-state index contributed by atoms with van der Waals surface area (Å²) in [5.74, 6) is -0.0776. The molecule has 124 valence electrons. The summed E-state index contributed by atoms with van der Waals surface area (Å²) in [7, 11) is 0. The van der Waals surface area contributed by atoms with E-state index in [2.05, 4.69) is 16.3 Å². The van der Waals surface area contributed by atoms with E-state index in [4.69, 9.17) is 11.6 Å². The normalized spacial score (nSPS) is 20.5. The van der Waals surface area contributed by atoms with Crippen LogP contribution in [-0.2, 0) is 4.79 Å². The van der Waals surface area contributed by atoms with Crippen LogP contribution in [-0.4, -0.2) is 62.1 Å². The lowest BCUT2D eigenvalue weighted by atomic mass is 10.2. The summed E-state index contributed by atoms with van der Waals surface area (Å²) < 4.78 is 0. The predicted molar refractivity (Wildman–Crippen MR) is 88.9 cm³/mol. The number of hydrogen-bond donors (Lipinski definition) is 2. The second-order valence-electron chi connectivity index (χ2n) is 6.07. The third kappa shape index (κ3) is 3.43. The monoisotopic (exact) mass is 337 g/mol. The van der Waals surface area contributed by atoms with Gasteiger partial charge in [0.2, 0.25) is 0 Å². The van der Waals surface area contributed by atoms with Gasteiger partial charge in [-0.1, -0.05) is 17.7 Å². The first-order valence-corrected chi connectivity index (χ1v) is 8.38. The molecule has 0 aliphatic carbocycles. The maximum Gasteiger partial charge on any atom is 0.324 e. The maximum absolute atomic E-state index is 12.5. The Bertz CT molecular complexity index is 601. The van der Waals surface area contributed by atoms with E-state index in [1.807, 2.05) is 25.1 Å². The highest BCUT2D eigenvalue weighted by atomic mass is 35.5. The van der Waals surface area contributed by atoms with E-state index >= 15 is 0 Å². The molecule has 2 aliphatic heterocycles. The number of rotatable bonds is 3. The van der Waals surface area contributed by atoms with Crippen molar-refractivity contribution >= 4 is 29.2 Å². The zero-order chi connectivity index (χ0) is 16.4. The highest BCUT2D eigenvalue weighted by Crippen LogP contribution is 2.19. The Morgan fingerprint density at radius 3 is 2.65 bits per heavy atom. The Labute approximate surface area is 141 Å². The number of halogens is 1. The van der Waals surface area contributed by atoms with Gasteiger partial charge in [0.25, 0.3) is 5.91 Å². The molecule has 0 bridgehead atoms. The van der Waals surface area contributed by atoms with Crippen LogP contribution in [0.4, 0.5) is 10.5 Å². The van der Waals surface area contributed by atoms with E-state index in [9.17, 15) is 9.59 Å². The maximum atomic E-state index is 12.5. The molecule has 2 aliphatic rings. The molecule has 0 radical (unpaired) electrons. The third-order valence-corrected chi connectivity index (χ3v) is 4.92. The summed E-state index contributed by atoms with van der Waals surface area (Å²) in [5, 5.41) is 3.42. The van der Waals surface area contributed by atoms with Gasteiger partial charge >= 0.3 is 6.03 Å². The molecular formula is C16H22ClN4O2+. The van der Waals surface area contributed by atoms with Crippen molar-refractivity contribution in [2.75, 3.05) is 44.2 Å². The summed E-state index contributed by atoms with van der Waals surface area (Å²) in [5.41, 5.74) is 1.12. The zero-order valence-corrected chi connectivity index (χ0v) is 14.0. The van der Waals surface area contributed by atoms with Crippen LogP contribution in [0.1, 0.15) is 6.92 Å². The molecule has 2 N–H and O–H groups in total. The second-order valence-corrected chi connectivity index (χ2v) is 6.51. The van der Waals surface area contributed by atoms with Crippen LogP contribution in [0.5, 0.6) is 0 Å². The first kappa shape index (κ1) is 16.1. The number of urea groups is 1. The number of amides is 3. The van der Waals surface area contributed by atoms with Gasteiger partial charge in [-0.15, -0.1) is 0 Å². The topological polar surface area (TPSA) is 57.1 Å². The molecule has 2 fully saturated rings. The van der Waals surface area contributed by atoms with Crippen molar-refractivity contribution in [3.63, 3.8) is 0 Å². The van der Waals surface area contributed by atoms with Crippen molar-refractivity contribution in [3.8, 4) is 0 Å². The lowest BCUT2D eigenvalue weighted by Crippen LogP contribution is -3.19. The minimum absolute atomic E-state index is 0.0776. The molecule has 3 rings (SSSR count). The second kappa shape index (κ2) is 6.76. The van der Waals surface area contributed by atoms with E-state index in [0.717, 1.165) is 36.9 Å². The number of hydrogen-bond acceptors (Lipinski definition) is 3. The van der Waals surface area contributed by atoms with Gasteiger partial charge in [0.05, 0.1) is 26.2 Å². The van der Waals surface area contributed by atoms with Gasteiger partial charge in [-0.2, -0.15) is 0 Å². The number of quaternary nitrogens is 1. The number of nitrogens with one attached hydrogen (secondary N) is 2. The molecule has 6 nitrogen and oxygen atoms in total. The van der Waals surface area contributed by atoms with Crippen LogP contribution in [0.2, 0.25) is 5.02 Å². The van der Waals surface area contributed by atoms with Gasteiger partial charge in [-0.25, -0.2) is 4.79 Å². The number of carbonyl (C=O) groups excluding carboxylic acids is 2. The highest BCUT2D eigenvalue weighted by Gasteiger charge is 2.36. The van der Waals surface area contributed by atoms with Gasteiger partial charge in [0.15, 0.2) is 6.04 Å². The van der Waals surface area contributed by atoms with E-state index in [1.54, 1.807) is 0 Å². The molecule has 0 spiro atoms. The largest absolute Gasteiger partial charge is 0.360 e. The SMILES string of the molecule is C[C@@H](C(=O)N1CCNC1=O)[NH+]1CCN(c2cccc(Cl)c2)CC1. The van der Waals surface area contributed by atoms with Crippen LogP contribution in [0, 0.1) is 0 Å². The molecule has 0 aromatic heterocycles. The smallest absolute Gasteiger partial charge is 0.324 e. The number of piperazine rings is 1. The quantitative estimate of drug-likeness (QED) is 0.815. The highest BCUT2D eigenvalue weighted by molar-refractivity contribution is 6.30. The fraction of sp³-hybridized carbons (Fsp3) is 0.500. The standard InChI is InChI=1S/C16H21ClN4O2/c1-12(15(22)21-6-5-18-16(21)23)19-7-9-20(10-8-19)14-4-2-3-13(17)11-14/h2-4,11-12H,5-10H2,1H3,(H,18,23)/p+1/t12-/m0/s1. The fourth-order valence-corrected chi connectivity index (χ4v) is 3.43. The van der Waals surface area contributed by atoms with Gasteiger partial charge in [-0.05, 0) is 25.1 Å². The van der Waals surface area contributed by atoms with Crippen molar-refractivity contribution in [2.45, 2.75) is 13.0 Å². The molecule has 1 aromatic carbocycles. The Morgan fingerprint density at radius 2 is 2.04 bits per heavy atom. The average Bonchev–Trinajstić information content (AvgIpc) is 3.00. The molecule has 7 heteroatoms. The summed E-state index contributed by atoms with van der Waals surface area (Å²) in [6.07, 6.45) is 0. The van der Waals surface area contributed by atoms with Gasteiger partial charge in [-0.3, -0.25) is 9.69 Å². The van der Waals surface area contributed by atoms with Crippen molar-refractivity contribution in [1.29, 1.82) is 0 Å². The number of benzene rings is 1. The molecule has 23 heavy (non-hydrogen) atoms. The van der Waals surface area contributed by atoms with E-state index in [1.165, 1.54) is 9.80 Å². The number of nitrogens with zero attached hydrogens (tertiary/aromatic N) is 2. The molecular weight excluding hydrogens is 316 g/mol. The lowest BCUT2D eigenvalue weighted by Gasteiger charge is -2.36. The zero-order valence-electron chi connectivity index (χ0n) is 13.2. The van der Waals surface area contributed by atoms with E-state index in [-0.39, 0.29) is 18.0 Å². The van der Waals surface area contributed by atoms with Gasteiger partial charge in [0, 0.05) is 23.8 Å². The Kier molecular flexibility index (Phi) is 4.73. The summed E-state index contributed by atoms with van der Waals surface area (Å²) in [4.78, 5) is 29.0. The third-order valence-electron chi connectivity index (χ3n) is 4.68. The number of carbonyl (C=O) groups is 2. The van der Waals surface area contributed by atoms with Crippen molar-refractivity contribution in [2.24, 2.45) is 0 Å². The van der Waals surface area contributed by atoms with Crippen LogP contribution < -0.4 is 15.1 Å². The molecule has 0 saturated carbocycles. The van der Waals surface area contributed by atoms with Crippen LogP contribution in [0.3, 0.4) is 0 Å². The Balaban J connectivity index is 1.58. The number of anilines is 1. The van der Waals surface area contributed by atoms with E-state index < -0.39 is 0 Å². The first-order valence-electron chi connectivity index (χ1n) is 8.00. The van der Waals surface area contributed by atoms with Crippen molar-refractivity contribution in [1.82, 2.24) is 10.2 Å². The van der Waals surface area contributed by atoms with Crippen molar-refractivity contribution < 1.29 is 14.5 Å². The van der Waals surface area contributed by atoms with E-state index in [0.29, 0.717) is 13.1 Å². The van der Waals surface area contributed by atoms with Crippen LogP contribution >= 0.6 is 11.6 Å². The Hall–Kier alpha value is -1.79. The minimum atomic E-state index is -0.265. The fourth-order valence-electron chi connectivity index (χ4n) is 3.25. The molecule has 2 heterocycles. The molecule has 1 aromatic rings. The van der Waals surface area contributed by atoms with Crippen LogP contribution in [0.25, 0.3) is 0 Å². The number of imide groups is 1. The summed E-state index contributed by atoms with van der Waals surface area (Å²) >= 11 is 6.05. The Morgan fingerprint density at radius 1 is 1.30 bits per heavy atom. The van der Waals surface area contributed by atoms with Gasteiger partial charge < -0.3 is 15.1 Å². The van der Waals surface area contributed by atoms with Crippen LogP contribution in [0.15, 0.2) is 24.3 Å². The average molecular weight is 338 g/mol. The molecule has 3 amide bonds. The minimum Gasteiger partial charge on any atom is -0.360 e. The lowest BCUT2D eigenvalue weighted by molar-refractivity contribution is -0.915. The summed E-state index contributed by atoms with van der Waals surface area (Å²) in [6.45, 7) is 6.43. The molecule has 2 saturated heterocycles. The predicted octanol–water partition coefficient (Wildman–Crippen LogP) is -0.0148. The summed E-state index contributed by atoms with van der Waals surface area (Å²) in [6, 6.07) is 7.39. The van der Waals surface area contributed by atoms with Crippen molar-refractivity contribution in [3.05, 3.63) is 29.3 Å².